The Morgan fingerprint density at radius 3 is 2.86 bits per heavy atom. The van der Waals surface area contributed by atoms with Crippen molar-refractivity contribution in [2.45, 2.75) is 24.8 Å². The van der Waals surface area contributed by atoms with Gasteiger partial charge >= 0.3 is 0 Å². The number of nitrogens with zero attached hydrogens (tertiary/aromatic N) is 2. The molecule has 0 radical (unpaired) electrons. The van der Waals surface area contributed by atoms with Crippen molar-refractivity contribution in [2.24, 2.45) is 5.92 Å². The molecular formula is C17H20N4S. The molecule has 2 N–H and O–H groups in total. The SMILES string of the molecule is CC(C)CNc1ccccc1CSc1nc2ncccc2[nH]1. The van der Waals surface area contributed by atoms with Crippen molar-refractivity contribution < 1.29 is 0 Å². The van der Waals surface area contributed by atoms with E-state index >= 15 is 0 Å². The average molecular weight is 312 g/mol. The zero-order valence-electron chi connectivity index (χ0n) is 12.8. The van der Waals surface area contributed by atoms with Crippen molar-refractivity contribution in [1.29, 1.82) is 0 Å². The van der Waals surface area contributed by atoms with Gasteiger partial charge in [-0.1, -0.05) is 43.8 Å². The summed E-state index contributed by atoms with van der Waals surface area (Å²) >= 11 is 1.70. The highest BCUT2D eigenvalue weighted by atomic mass is 32.2. The van der Waals surface area contributed by atoms with Crippen LogP contribution in [0, 0.1) is 5.92 Å². The first-order valence-corrected chi connectivity index (χ1v) is 8.46. The summed E-state index contributed by atoms with van der Waals surface area (Å²) in [5.74, 6) is 1.50. The van der Waals surface area contributed by atoms with Gasteiger partial charge in [-0.3, -0.25) is 0 Å². The van der Waals surface area contributed by atoms with E-state index in [1.807, 2.05) is 12.1 Å². The molecule has 0 saturated heterocycles. The van der Waals surface area contributed by atoms with Crippen molar-refractivity contribution in [2.75, 3.05) is 11.9 Å². The van der Waals surface area contributed by atoms with Gasteiger partial charge in [0.25, 0.3) is 0 Å². The Hall–Kier alpha value is -2.01. The number of hydrogen-bond acceptors (Lipinski definition) is 4. The van der Waals surface area contributed by atoms with Gasteiger partial charge in [0.05, 0.1) is 5.52 Å². The third-order valence-corrected chi connectivity index (χ3v) is 4.24. The van der Waals surface area contributed by atoms with E-state index in [0.717, 1.165) is 28.6 Å². The molecule has 0 aliphatic rings. The first-order chi connectivity index (χ1) is 10.7. The van der Waals surface area contributed by atoms with Gasteiger partial charge < -0.3 is 10.3 Å². The fourth-order valence-corrected chi connectivity index (χ4v) is 3.05. The summed E-state index contributed by atoms with van der Waals surface area (Å²) in [6.07, 6.45) is 1.77. The molecule has 3 rings (SSSR count). The summed E-state index contributed by atoms with van der Waals surface area (Å²) in [4.78, 5) is 12.1. The molecule has 1 aromatic carbocycles. The van der Waals surface area contributed by atoms with E-state index in [9.17, 15) is 0 Å². The zero-order valence-corrected chi connectivity index (χ0v) is 13.7. The molecule has 22 heavy (non-hydrogen) atoms. The molecule has 114 valence electrons. The summed E-state index contributed by atoms with van der Waals surface area (Å²) in [6.45, 7) is 5.41. The number of H-pyrrole nitrogens is 1. The average Bonchev–Trinajstić information content (AvgIpc) is 2.94. The van der Waals surface area contributed by atoms with Crippen LogP contribution in [0.3, 0.4) is 0 Å². The van der Waals surface area contributed by atoms with Gasteiger partial charge in [-0.15, -0.1) is 0 Å². The number of nitrogens with one attached hydrogen (secondary N) is 2. The molecule has 0 unspecified atom stereocenters. The van der Waals surface area contributed by atoms with Gasteiger partial charge in [-0.05, 0) is 29.7 Å². The van der Waals surface area contributed by atoms with Crippen molar-refractivity contribution in [3.63, 3.8) is 0 Å². The second-order valence-electron chi connectivity index (χ2n) is 5.64. The second-order valence-corrected chi connectivity index (χ2v) is 6.60. The van der Waals surface area contributed by atoms with E-state index in [0.29, 0.717) is 5.92 Å². The van der Waals surface area contributed by atoms with E-state index in [-0.39, 0.29) is 0 Å². The predicted octanol–water partition coefficient (Wildman–Crippen LogP) is 4.32. The molecule has 0 aliphatic carbocycles. The molecule has 5 heteroatoms. The van der Waals surface area contributed by atoms with E-state index in [4.69, 9.17) is 0 Å². The molecule has 2 heterocycles. The summed E-state index contributed by atoms with van der Waals surface area (Å²) in [5.41, 5.74) is 4.26. The monoisotopic (exact) mass is 312 g/mol. The molecular weight excluding hydrogens is 292 g/mol. The number of para-hydroxylation sites is 1. The van der Waals surface area contributed by atoms with Gasteiger partial charge in [0.1, 0.15) is 0 Å². The molecule has 3 aromatic rings. The van der Waals surface area contributed by atoms with Crippen molar-refractivity contribution in [3.8, 4) is 0 Å². The maximum Gasteiger partial charge on any atom is 0.178 e. The maximum absolute atomic E-state index is 4.51. The van der Waals surface area contributed by atoms with Crippen LogP contribution < -0.4 is 5.32 Å². The lowest BCUT2D eigenvalue weighted by Crippen LogP contribution is -2.09. The number of pyridine rings is 1. The van der Waals surface area contributed by atoms with Gasteiger partial charge in [0.15, 0.2) is 10.8 Å². The van der Waals surface area contributed by atoms with Gasteiger partial charge in [0, 0.05) is 24.2 Å². The summed E-state index contributed by atoms with van der Waals surface area (Å²) < 4.78 is 0. The first-order valence-electron chi connectivity index (χ1n) is 7.47. The molecule has 0 amide bonds. The molecule has 0 fully saturated rings. The number of benzene rings is 1. The zero-order chi connectivity index (χ0) is 15.4. The predicted molar refractivity (Wildman–Crippen MR) is 93.2 cm³/mol. The smallest absolute Gasteiger partial charge is 0.178 e. The Labute approximate surface area is 134 Å². The minimum Gasteiger partial charge on any atom is -0.385 e. The Morgan fingerprint density at radius 1 is 1.18 bits per heavy atom. The molecule has 0 bridgehead atoms. The lowest BCUT2D eigenvalue weighted by Gasteiger charge is -2.13. The highest BCUT2D eigenvalue weighted by Crippen LogP contribution is 2.26. The van der Waals surface area contributed by atoms with Gasteiger partial charge in [-0.25, -0.2) is 9.97 Å². The first kappa shape index (κ1) is 14.9. The quantitative estimate of drug-likeness (QED) is 0.666. The third kappa shape index (κ3) is 3.60. The molecule has 0 atom stereocenters. The fraction of sp³-hybridized carbons (Fsp3) is 0.294. The molecule has 4 nitrogen and oxygen atoms in total. The number of thioether (sulfide) groups is 1. The van der Waals surface area contributed by atoms with Crippen LogP contribution in [0.2, 0.25) is 0 Å². The lowest BCUT2D eigenvalue weighted by molar-refractivity contribution is 0.688. The number of hydrogen-bond donors (Lipinski definition) is 2. The number of anilines is 1. The van der Waals surface area contributed by atoms with Crippen LogP contribution in [0.1, 0.15) is 19.4 Å². The van der Waals surface area contributed by atoms with Crippen LogP contribution in [0.15, 0.2) is 47.8 Å². The Bertz CT molecular complexity index is 718. The van der Waals surface area contributed by atoms with Gasteiger partial charge in [0.2, 0.25) is 0 Å². The number of rotatable bonds is 6. The highest BCUT2D eigenvalue weighted by Gasteiger charge is 2.07. The van der Waals surface area contributed by atoms with Crippen LogP contribution in [-0.2, 0) is 5.75 Å². The Kier molecular flexibility index (Phi) is 4.63. The number of fused-ring (bicyclic) bond motifs is 1. The Morgan fingerprint density at radius 2 is 2.05 bits per heavy atom. The largest absolute Gasteiger partial charge is 0.385 e. The molecule has 0 aliphatic heterocycles. The highest BCUT2D eigenvalue weighted by molar-refractivity contribution is 7.98. The third-order valence-electron chi connectivity index (χ3n) is 3.32. The van der Waals surface area contributed by atoms with E-state index in [1.54, 1.807) is 18.0 Å². The topological polar surface area (TPSA) is 53.6 Å². The minimum atomic E-state index is 0.627. The van der Waals surface area contributed by atoms with E-state index in [2.05, 4.69) is 58.4 Å². The minimum absolute atomic E-state index is 0.627. The summed E-state index contributed by atoms with van der Waals surface area (Å²) in [7, 11) is 0. The lowest BCUT2D eigenvalue weighted by atomic mass is 10.1. The van der Waals surface area contributed by atoms with Crippen LogP contribution in [0.4, 0.5) is 5.69 Å². The second kappa shape index (κ2) is 6.83. The molecule has 0 spiro atoms. The Balaban J connectivity index is 1.70. The summed E-state index contributed by atoms with van der Waals surface area (Å²) in [6, 6.07) is 12.4. The van der Waals surface area contributed by atoms with Gasteiger partial charge in [-0.2, -0.15) is 0 Å². The summed E-state index contributed by atoms with van der Waals surface area (Å²) in [5, 5.41) is 4.43. The van der Waals surface area contributed by atoms with E-state index < -0.39 is 0 Å². The molecule has 2 aromatic heterocycles. The van der Waals surface area contributed by atoms with Crippen LogP contribution in [0.5, 0.6) is 0 Å². The van der Waals surface area contributed by atoms with Crippen molar-refractivity contribution in [3.05, 3.63) is 48.2 Å². The van der Waals surface area contributed by atoms with Crippen LogP contribution >= 0.6 is 11.8 Å². The van der Waals surface area contributed by atoms with Crippen LogP contribution in [0.25, 0.3) is 11.2 Å². The van der Waals surface area contributed by atoms with E-state index in [1.165, 1.54) is 11.3 Å². The fourth-order valence-electron chi connectivity index (χ4n) is 2.17. The normalized spacial score (nSPS) is 11.2. The molecule has 0 saturated carbocycles. The van der Waals surface area contributed by atoms with Crippen molar-refractivity contribution >= 4 is 28.6 Å². The number of aromatic amines is 1. The van der Waals surface area contributed by atoms with Crippen LogP contribution in [-0.4, -0.2) is 21.5 Å². The number of aromatic nitrogens is 3. The maximum atomic E-state index is 4.51. The standard InChI is InChI=1S/C17H20N4S/c1-12(2)10-19-14-7-4-3-6-13(14)11-22-17-20-15-8-5-9-18-16(15)21-17/h3-9,12,19H,10-11H2,1-2H3,(H,18,20,21). The number of imidazole rings is 1. The van der Waals surface area contributed by atoms with Crippen molar-refractivity contribution in [1.82, 2.24) is 15.0 Å².